The van der Waals surface area contributed by atoms with Crippen LogP contribution in [0.3, 0.4) is 0 Å². The molecule has 1 unspecified atom stereocenters. The average Bonchev–Trinajstić information content (AvgIpc) is 2.29. The molecule has 2 heteroatoms. The van der Waals surface area contributed by atoms with Gasteiger partial charge in [-0.25, -0.2) is 0 Å². The summed E-state index contributed by atoms with van der Waals surface area (Å²) < 4.78 is 0. The smallest absolute Gasteiger partial charge is 0.00432 e. The molecule has 0 heterocycles. The van der Waals surface area contributed by atoms with Crippen LogP contribution in [0.1, 0.15) is 38.3 Å². The highest BCUT2D eigenvalue weighted by molar-refractivity contribution is 5.28. The predicted octanol–water partition coefficient (Wildman–Crippen LogP) is 2.85. The molecule has 1 rings (SSSR count). The third kappa shape index (κ3) is 4.79. The molecule has 3 N–H and O–H groups in total. The molecule has 0 aliphatic carbocycles. The highest BCUT2D eigenvalue weighted by Crippen LogP contribution is 2.23. The Labute approximate surface area is 112 Å². The molecule has 18 heavy (non-hydrogen) atoms. The van der Waals surface area contributed by atoms with E-state index in [2.05, 4.69) is 57.3 Å². The van der Waals surface area contributed by atoms with Gasteiger partial charge in [0.25, 0.3) is 0 Å². The second-order valence-electron chi connectivity index (χ2n) is 6.07. The quantitative estimate of drug-likeness (QED) is 0.778. The van der Waals surface area contributed by atoms with Crippen molar-refractivity contribution in [3.63, 3.8) is 0 Å². The van der Waals surface area contributed by atoms with E-state index in [1.54, 1.807) is 0 Å². The van der Waals surface area contributed by atoms with E-state index in [1.165, 1.54) is 11.1 Å². The fraction of sp³-hybridized carbons (Fsp3) is 0.625. The number of benzene rings is 1. The maximum atomic E-state index is 5.57. The summed E-state index contributed by atoms with van der Waals surface area (Å²) in [5.74, 6) is 0.656. The van der Waals surface area contributed by atoms with Gasteiger partial charge in [0.1, 0.15) is 0 Å². The molecule has 0 saturated carbocycles. The van der Waals surface area contributed by atoms with Gasteiger partial charge in [-0.3, -0.25) is 0 Å². The Morgan fingerprint density at radius 1 is 1.33 bits per heavy atom. The first kappa shape index (κ1) is 15.2. The first-order valence-corrected chi connectivity index (χ1v) is 6.93. The molecular weight excluding hydrogens is 220 g/mol. The summed E-state index contributed by atoms with van der Waals surface area (Å²) >= 11 is 0. The van der Waals surface area contributed by atoms with Gasteiger partial charge in [-0.1, -0.05) is 50.6 Å². The van der Waals surface area contributed by atoms with Gasteiger partial charge in [0.2, 0.25) is 0 Å². The monoisotopic (exact) mass is 248 g/mol. The maximum absolute atomic E-state index is 5.57. The third-order valence-corrected chi connectivity index (χ3v) is 3.52. The van der Waals surface area contributed by atoms with Crippen molar-refractivity contribution in [2.45, 2.75) is 39.5 Å². The second-order valence-corrected chi connectivity index (χ2v) is 6.07. The zero-order chi connectivity index (χ0) is 13.6. The summed E-state index contributed by atoms with van der Waals surface area (Å²) in [6.45, 7) is 11.8. The molecule has 1 aromatic rings. The molecule has 1 aromatic carbocycles. The van der Waals surface area contributed by atoms with Crippen molar-refractivity contribution < 1.29 is 0 Å². The molecule has 0 bridgehead atoms. The van der Waals surface area contributed by atoms with E-state index >= 15 is 0 Å². The fourth-order valence-electron chi connectivity index (χ4n) is 2.19. The number of hydrogen-bond donors (Lipinski definition) is 2. The van der Waals surface area contributed by atoms with Crippen LogP contribution in [0, 0.1) is 12.8 Å². The zero-order valence-corrected chi connectivity index (χ0v) is 12.3. The van der Waals surface area contributed by atoms with Crippen LogP contribution in [0.2, 0.25) is 0 Å². The summed E-state index contributed by atoms with van der Waals surface area (Å²) in [4.78, 5) is 0. The van der Waals surface area contributed by atoms with Gasteiger partial charge >= 0.3 is 0 Å². The van der Waals surface area contributed by atoms with Crippen LogP contribution in [-0.4, -0.2) is 19.6 Å². The van der Waals surface area contributed by atoms with Crippen molar-refractivity contribution in [2.75, 3.05) is 19.6 Å². The number of rotatable bonds is 7. The van der Waals surface area contributed by atoms with E-state index in [0.29, 0.717) is 5.92 Å². The molecule has 0 aliphatic rings. The van der Waals surface area contributed by atoms with Crippen molar-refractivity contribution in [2.24, 2.45) is 11.7 Å². The lowest BCUT2D eigenvalue weighted by Crippen LogP contribution is -2.35. The van der Waals surface area contributed by atoms with Crippen LogP contribution in [0.25, 0.3) is 0 Å². The van der Waals surface area contributed by atoms with E-state index < -0.39 is 0 Å². The lowest BCUT2D eigenvalue weighted by molar-refractivity contribution is 0.422. The second kappa shape index (κ2) is 6.91. The number of nitrogens with two attached hydrogens (primary N) is 1. The van der Waals surface area contributed by atoms with Crippen molar-refractivity contribution in [3.05, 3.63) is 35.4 Å². The van der Waals surface area contributed by atoms with Gasteiger partial charge in [0.05, 0.1) is 0 Å². The van der Waals surface area contributed by atoms with E-state index in [9.17, 15) is 0 Å². The first-order chi connectivity index (χ1) is 8.45. The highest BCUT2D eigenvalue weighted by atomic mass is 14.9. The van der Waals surface area contributed by atoms with Gasteiger partial charge in [-0.05, 0) is 37.9 Å². The molecule has 0 spiro atoms. The lowest BCUT2D eigenvalue weighted by atomic mass is 9.84. The number of aryl methyl sites for hydroxylation is 1. The molecule has 2 nitrogen and oxygen atoms in total. The molecule has 102 valence electrons. The fourth-order valence-corrected chi connectivity index (χ4v) is 2.19. The number of nitrogens with one attached hydrogen (secondary N) is 1. The van der Waals surface area contributed by atoms with E-state index in [0.717, 1.165) is 26.1 Å². The van der Waals surface area contributed by atoms with Crippen LogP contribution in [-0.2, 0) is 5.41 Å². The summed E-state index contributed by atoms with van der Waals surface area (Å²) in [6, 6.07) is 8.79. The van der Waals surface area contributed by atoms with E-state index in [-0.39, 0.29) is 5.41 Å². The highest BCUT2D eigenvalue weighted by Gasteiger charge is 2.20. The van der Waals surface area contributed by atoms with Crippen molar-refractivity contribution in [1.82, 2.24) is 5.32 Å². The summed E-state index contributed by atoms with van der Waals surface area (Å²) in [5.41, 5.74) is 8.48. The molecular formula is C16H28N2. The standard InChI is InChI=1S/C16H28N2/c1-13-6-5-7-15(10-13)16(3,4)12-18-11-14(2)8-9-17/h5-7,10,14,18H,8-9,11-12,17H2,1-4H3. The van der Waals surface area contributed by atoms with E-state index in [1.807, 2.05) is 0 Å². The summed E-state index contributed by atoms with van der Waals surface area (Å²) in [5, 5.41) is 3.57. The Kier molecular flexibility index (Phi) is 5.83. The van der Waals surface area contributed by atoms with Gasteiger partial charge < -0.3 is 11.1 Å². The Balaban J connectivity index is 2.49. The van der Waals surface area contributed by atoms with Crippen LogP contribution >= 0.6 is 0 Å². The molecule has 0 radical (unpaired) electrons. The van der Waals surface area contributed by atoms with Crippen molar-refractivity contribution in [3.8, 4) is 0 Å². The molecule has 0 fully saturated rings. The minimum Gasteiger partial charge on any atom is -0.330 e. The zero-order valence-electron chi connectivity index (χ0n) is 12.3. The van der Waals surface area contributed by atoms with Crippen molar-refractivity contribution in [1.29, 1.82) is 0 Å². The topological polar surface area (TPSA) is 38.0 Å². The predicted molar refractivity (Wildman–Crippen MR) is 79.9 cm³/mol. The van der Waals surface area contributed by atoms with Crippen LogP contribution in [0.4, 0.5) is 0 Å². The molecule has 1 atom stereocenters. The Morgan fingerprint density at radius 3 is 2.67 bits per heavy atom. The van der Waals surface area contributed by atoms with Gasteiger partial charge in [-0.2, -0.15) is 0 Å². The minimum absolute atomic E-state index is 0.175. The van der Waals surface area contributed by atoms with Gasteiger partial charge in [0.15, 0.2) is 0 Å². The summed E-state index contributed by atoms with van der Waals surface area (Å²) in [7, 11) is 0. The Hall–Kier alpha value is -0.860. The molecule has 0 aliphatic heterocycles. The van der Waals surface area contributed by atoms with E-state index in [4.69, 9.17) is 5.73 Å². The Bertz CT molecular complexity index is 358. The summed E-state index contributed by atoms with van der Waals surface area (Å²) in [6.07, 6.45) is 1.10. The molecule has 0 amide bonds. The average molecular weight is 248 g/mol. The normalized spacial score (nSPS) is 13.6. The van der Waals surface area contributed by atoms with Crippen LogP contribution in [0.15, 0.2) is 24.3 Å². The van der Waals surface area contributed by atoms with Crippen molar-refractivity contribution >= 4 is 0 Å². The first-order valence-electron chi connectivity index (χ1n) is 6.93. The SMILES string of the molecule is Cc1cccc(C(C)(C)CNCC(C)CCN)c1. The Morgan fingerprint density at radius 2 is 2.06 bits per heavy atom. The number of hydrogen-bond acceptors (Lipinski definition) is 2. The molecule has 0 aromatic heterocycles. The minimum atomic E-state index is 0.175. The lowest BCUT2D eigenvalue weighted by Gasteiger charge is -2.27. The van der Waals surface area contributed by atoms with Gasteiger partial charge in [-0.15, -0.1) is 0 Å². The molecule has 0 saturated heterocycles. The van der Waals surface area contributed by atoms with Crippen LogP contribution < -0.4 is 11.1 Å². The largest absolute Gasteiger partial charge is 0.330 e. The van der Waals surface area contributed by atoms with Gasteiger partial charge in [0, 0.05) is 12.0 Å². The third-order valence-electron chi connectivity index (χ3n) is 3.52. The maximum Gasteiger partial charge on any atom is 0.00432 e. The van der Waals surface area contributed by atoms with Crippen LogP contribution in [0.5, 0.6) is 0 Å².